The number of benzene rings is 1. The van der Waals surface area contributed by atoms with E-state index in [2.05, 4.69) is 0 Å². The quantitative estimate of drug-likeness (QED) is 0.661. The summed E-state index contributed by atoms with van der Waals surface area (Å²) >= 11 is 0. The van der Waals surface area contributed by atoms with Gasteiger partial charge in [-0.3, -0.25) is 10.1 Å². The number of nitro groups is 1. The molecular formula is C13H19N3O3. The van der Waals surface area contributed by atoms with Gasteiger partial charge in [0, 0.05) is 25.2 Å². The molecule has 0 aliphatic carbocycles. The largest absolute Gasteiger partial charge is 0.373 e. The SMILES string of the molecule is Cc1cccc([N+](=O)[O-])c1N1CCOC(C(C)N)C1. The molecule has 1 saturated heterocycles. The Morgan fingerprint density at radius 3 is 2.95 bits per heavy atom. The maximum Gasteiger partial charge on any atom is 0.292 e. The van der Waals surface area contributed by atoms with Crippen molar-refractivity contribution < 1.29 is 9.66 Å². The highest BCUT2D eigenvalue weighted by Gasteiger charge is 2.28. The number of ether oxygens (including phenoxy) is 1. The molecule has 1 aliphatic rings. The van der Waals surface area contributed by atoms with Gasteiger partial charge in [-0.2, -0.15) is 0 Å². The second kappa shape index (κ2) is 5.54. The van der Waals surface area contributed by atoms with E-state index >= 15 is 0 Å². The van der Waals surface area contributed by atoms with Crippen molar-refractivity contribution in [1.29, 1.82) is 0 Å². The first kappa shape index (κ1) is 13.8. The molecule has 1 aliphatic heterocycles. The molecule has 2 unspecified atom stereocenters. The number of nitro benzene ring substituents is 1. The summed E-state index contributed by atoms with van der Waals surface area (Å²) in [6.07, 6.45) is -0.0899. The molecular weight excluding hydrogens is 246 g/mol. The topological polar surface area (TPSA) is 81.6 Å². The van der Waals surface area contributed by atoms with Gasteiger partial charge in [0.05, 0.1) is 17.6 Å². The number of anilines is 1. The molecule has 1 aromatic carbocycles. The molecule has 6 heteroatoms. The summed E-state index contributed by atoms with van der Waals surface area (Å²) in [5, 5.41) is 11.2. The average Bonchev–Trinajstić information content (AvgIpc) is 2.38. The fourth-order valence-electron chi connectivity index (χ4n) is 2.40. The summed E-state index contributed by atoms with van der Waals surface area (Å²) in [4.78, 5) is 12.8. The minimum Gasteiger partial charge on any atom is -0.373 e. The third-order valence-electron chi connectivity index (χ3n) is 3.41. The van der Waals surface area contributed by atoms with Crippen LogP contribution in [0.4, 0.5) is 11.4 Å². The standard InChI is InChI=1S/C13H19N3O3/c1-9-4-3-5-11(16(17)18)13(9)15-6-7-19-12(8-15)10(2)14/h3-5,10,12H,6-8,14H2,1-2H3. The molecule has 6 nitrogen and oxygen atoms in total. The number of morpholine rings is 1. The van der Waals surface area contributed by atoms with Crippen molar-refractivity contribution in [3.05, 3.63) is 33.9 Å². The van der Waals surface area contributed by atoms with Crippen molar-refractivity contribution in [3.63, 3.8) is 0 Å². The lowest BCUT2D eigenvalue weighted by Gasteiger charge is -2.36. The third-order valence-corrected chi connectivity index (χ3v) is 3.41. The monoisotopic (exact) mass is 265 g/mol. The first-order valence-corrected chi connectivity index (χ1v) is 6.37. The average molecular weight is 265 g/mol. The Balaban J connectivity index is 2.33. The normalized spacial score (nSPS) is 21.2. The molecule has 0 bridgehead atoms. The van der Waals surface area contributed by atoms with Crippen LogP contribution in [0.3, 0.4) is 0 Å². The number of para-hydroxylation sites is 1. The number of rotatable bonds is 3. The van der Waals surface area contributed by atoms with Crippen LogP contribution in [0.2, 0.25) is 0 Å². The van der Waals surface area contributed by atoms with Crippen LogP contribution >= 0.6 is 0 Å². The minimum absolute atomic E-state index is 0.0899. The summed E-state index contributed by atoms with van der Waals surface area (Å²) in [5.74, 6) is 0. The number of hydrogen-bond donors (Lipinski definition) is 1. The van der Waals surface area contributed by atoms with Gasteiger partial charge >= 0.3 is 0 Å². The van der Waals surface area contributed by atoms with Crippen LogP contribution in [0, 0.1) is 17.0 Å². The first-order valence-electron chi connectivity index (χ1n) is 6.37. The van der Waals surface area contributed by atoms with Gasteiger partial charge in [0.15, 0.2) is 0 Å². The van der Waals surface area contributed by atoms with Crippen LogP contribution in [-0.4, -0.2) is 36.8 Å². The molecule has 2 N–H and O–H groups in total. The number of hydrogen-bond acceptors (Lipinski definition) is 5. The molecule has 1 aromatic rings. The molecule has 0 spiro atoms. The van der Waals surface area contributed by atoms with E-state index in [1.165, 1.54) is 0 Å². The van der Waals surface area contributed by atoms with Gasteiger partial charge in [-0.15, -0.1) is 0 Å². The number of aryl methyl sites for hydroxylation is 1. The second-order valence-corrected chi connectivity index (χ2v) is 4.91. The third kappa shape index (κ3) is 2.85. The van der Waals surface area contributed by atoms with E-state index < -0.39 is 0 Å². The van der Waals surface area contributed by atoms with E-state index in [1.54, 1.807) is 12.1 Å². The van der Waals surface area contributed by atoms with E-state index in [1.807, 2.05) is 24.8 Å². The van der Waals surface area contributed by atoms with Crippen LogP contribution < -0.4 is 10.6 Å². The maximum absolute atomic E-state index is 11.2. The summed E-state index contributed by atoms with van der Waals surface area (Å²) in [5.41, 5.74) is 7.59. The van der Waals surface area contributed by atoms with Gasteiger partial charge in [0.2, 0.25) is 0 Å². The van der Waals surface area contributed by atoms with Crippen molar-refractivity contribution in [2.24, 2.45) is 5.73 Å². The van der Waals surface area contributed by atoms with Crippen molar-refractivity contribution in [1.82, 2.24) is 0 Å². The first-order chi connectivity index (χ1) is 9.00. The Hall–Kier alpha value is -1.66. The lowest BCUT2D eigenvalue weighted by Crippen LogP contribution is -2.50. The maximum atomic E-state index is 11.2. The molecule has 2 atom stereocenters. The Bertz CT molecular complexity index is 476. The van der Waals surface area contributed by atoms with Crippen molar-refractivity contribution in [3.8, 4) is 0 Å². The fraction of sp³-hybridized carbons (Fsp3) is 0.538. The number of nitrogens with two attached hydrogens (primary N) is 1. The van der Waals surface area contributed by atoms with Gasteiger partial charge in [-0.05, 0) is 19.4 Å². The van der Waals surface area contributed by atoms with Crippen LogP contribution in [-0.2, 0) is 4.74 Å². The van der Waals surface area contributed by atoms with Gasteiger partial charge < -0.3 is 15.4 Å². The molecule has 1 fully saturated rings. The summed E-state index contributed by atoms with van der Waals surface area (Å²) < 4.78 is 5.59. The van der Waals surface area contributed by atoms with Crippen LogP contribution in [0.1, 0.15) is 12.5 Å². The van der Waals surface area contributed by atoms with Gasteiger partial charge in [0.25, 0.3) is 5.69 Å². The van der Waals surface area contributed by atoms with Crippen LogP contribution in [0.15, 0.2) is 18.2 Å². The summed E-state index contributed by atoms with van der Waals surface area (Å²) in [6, 6.07) is 5.04. The van der Waals surface area contributed by atoms with E-state index in [0.29, 0.717) is 25.4 Å². The van der Waals surface area contributed by atoms with E-state index in [-0.39, 0.29) is 22.8 Å². The Kier molecular flexibility index (Phi) is 4.01. The van der Waals surface area contributed by atoms with Crippen LogP contribution in [0.25, 0.3) is 0 Å². The number of nitrogens with zero attached hydrogens (tertiary/aromatic N) is 2. The zero-order chi connectivity index (χ0) is 14.0. The Labute approximate surface area is 112 Å². The summed E-state index contributed by atoms with van der Waals surface area (Å²) in [6.45, 7) is 5.55. The smallest absolute Gasteiger partial charge is 0.292 e. The minimum atomic E-state index is -0.335. The van der Waals surface area contributed by atoms with Gasteiger partial charge in [0.1, 0.15) is 5.69 Å². The molecule has 0 aromatic heterocycles. The van der Waals surface area contributed by atoms with Crippen molar-refractivity contribution in [2.75, 3.05) is 24.6 Å². The lowest BCUT2D eigenvalue weighted by atomic mass is 10.1. The highest BCUT2D eigenvalue weighted by atomic mass is 16.6. The highest BCUT2D eigenvalue weighted by molar-refractivity contribution is 5.67. The Morgan fingerprint density at radius 2 is 2.32 bits per heavy atom. The molecule has 0 radical (unpaired) electrons. The molecule has 19 heavy (non-hydrogen) atoms. The molecule has 0 saturated carbocycles. The zero-order valence-electron chi connectivity index (χ0n) is 11.2. The molecule has 1 heterocycles. The predicted octanol–water partition coefficient (Wildman–Crippen LogP) is 1.46. The van der Waals surface area contributed by atoms with E-state index in [0.717, 1.165) is 5.56 Å². The fourth-order valence-corrected chi connectivity index (χ4v) is 2.40. The zero-order valence-corrected chi connectivity index (χ0v) is 11.2. The summed E-state index contributed by atoms with van der Waals surface area (Å²) in [7, 11) is 0. The van der Waals surface area contributed by atoms with Crippen molar-refractivity contribution in [2.45, 2.75) is 26.0 Å². The van der Waals surface area contributed by atoms with E-state index in [9.17, 15) is 10.1 Å². The lowest BCUT2D eigenvalue weighted by molar-refractivity contribution is -0.384. The van der Waals surface area contributed by atoms with Crippen molar-refractivity contribution >= 4 is 11.4 Å². The van der Waals surface area contributed by atoms with E-state index in [4.69, 9.17) is 10.5 Å². The molecule has 2 rings (SSSR count). The van der Waals surface area contributed by atoms with Gasteiger partial charge in [-0.1, -0.05) is 12.1 Å². The second-order valence-electron chi connectivity index (χ2n) is 4.91. The van der Waals surface area contributed by atoms with Crippen LogP contribution in [0.5, 0.6) is 0 Å². The highest BCUT2D eigenvalue weighted by Crippen LogP contribution is 2.32. The molecule has 104 valence electrons. The van der Waals surface area contributed by atoms with Gasteiger partial charge in [-0.25, -0.2) is 0 Å². The Morgan fingerprint density at radius 1 is 1.58 bits per heavy atom. The molecule has 0 amide bonds. The predicted molar refractivity (Wildman–Crippen MR) is 73.4 cm³/mol.